The number of anilines is 3. The zero-order chi connectivity index (χ0) is 37.0. The van der Waals surface area contributed by atoms with Gasteiger partial charge in [0.2, 0.25) is 0 Å². The van der Waals surface area contributed by atoms with E-state index in [1.807, 2.05) is 0 Å². The van der Waals surface area contributed by atoms with Gasteiger partial charge in [-0.1, -0.05) is 161 Å². The molecular weight excluding hydrogens is 651 g/mol. The fourth-order valence-electron chi connectivity index (χ4n) is 8.85. The minimum atomic E-state index is 0.108. The Balaban J connectivity index is 1.18. The summed E-state index contributed by atoms with van der Waals surface area (Å²) in [5, 5.41) is 5.12. The number of hydrogen-bond donors (Lipinski definition) is 0. The van der Waals surface area contributed by atoms with E-state index in [1.54, 1.807) is 0 Å². The molecule has 0 amide bonds. The molecule has 0 saturated heterocycles. The molecule has 1 nitrogen and oxygen atoms in total. The van der Waals surface area contributed by atoms with Crippen LogP contribution >= 0.6 is 0 Å². The van der Waals surface area contributed by atoms with E-state index in [9.17, 15) is 0 Å². The van der Waals surface area contributed by atoms with Gasteiger partial charge in [-0.2, -0.15) is 0 Å². The number of rotatable bonds is 6. The highest BCUT2D eigenvalue weighted by molar-refractivity contribution is 6.14. The first-order valence-electron chi connectivity index (χ1n) is 19.4. The lowest BCUT2D eigenvalue weighted by Gasteiger charge is -2.43. The average Bonchev–Trinajstić information content (AvgIpc) is 3.21. The van der Waals surface area contributed by atoms with Crippen LogP contribution in [0.15, 0.2) is 170 Å². The third kappa shape index (κ3) is 5.89. The highest BCUT2D eigenvalue weighted by atomic mass is 15.1. The Bertz CT molecular complexity index is 2640. The molecule has 0 atom stereocenters. The Hall–Kier alpha value is -5.92. The predicted molar refractivity (Wildman–Crippen MR) is 232 cm³/mol. The normalized spacial score (nSPS) is 14.5. The standard InChI is InChI=1S/C53H47N/c1-36-33-49-50(53(4,5)32-31-52(49,2)3)35-51(36)54(41-27-23-38(24-28-41)37-15-7-6-8-16-37)42-29-25-39(26-30-42)43-18-11-12-21-46(43)48-34-40-17-9-10-19-44(40)45-20-13-14-22-47(45)48/h6-30,33-35H,31-32H2,1-5H3. The summed E-state index contributed by atoms with van der Waals surface area (Å²) < 4.78 is 0. The quantitative estimate of drug-likeness (QED) is 0.156. The lowest BCUT2D eigenvalue weighted by Crippen LogP contribution is -2.34. The predicted octanol–water partition coefficient (Wildman–Crippen LogP) is 15.1. The topological polar surface area (TPSA) is 3.24 Å². The number of nitrogens with zero attached hydrogens (tertiary/aromatic N) is 1. The van der Waals surface area contributed by atoms with Crippen LogP contribution < -0.4 is 4.90 Å². The second kappa shape index (κ2) is 13.2. The largest absolute Gasteiger partial charge is 0.310 e. The van der Waals surface area contributed by atoms with E-state index in [2.05, 4.69) is 209 Å². The van der Waals surface area contributed by atoms with Gasteiger partial charge in [-0.25, -0.2) is 0 Å². The molecule has 54 heavy (non-hydrogen) atoms. The molecule has 0 aromatic heterocycles. The van der Waals surface area contributed by atoms with Crippen molar-refractivity contribution >= 4 is 38.6 Å². The molecular formula is C53H47N. The zero-order valence-electron chi connectivity index (χ0n) is 32.0. The van der Waals surface area contributed by atoms with Gasteiger partial charge in [0.25, 0.3) is 0 Å². The van der Waals surface area contributed by atoms with Crippen LogP contribution in [0.3, 0.4) is 0 Å². The molecule has 1 heteroatoms. The minimum Gasteiger partial charge on any atom is -0.310 e. The van der Waals surface area contributed by atoms with Crippen LogP contribution in [0.25, 0.3) is 54.9 Å². The van der Waals surface area contributed by atoms with E-state index in [4.69, 9.17) is 0 Å². The summed E-state index contributed by atoms with van der Waals surface area (Å²) in [5.74, 6) is 0. The average molecular weight is 698 g/mol. The van der Waals surface area contributed by atoms with Crippen LogP contribution in [0.2, 0.25) is 0 Å². The van der Waals surface area contributed by atoms with E-state index in [1.165, 1.54) is 90.1 Å². The van der Waals surface area contributed by atoms with Crippen molar-refractivity contribution in [3.63, 3.8) is 0 Å². The van der Waals surface area contributed by atoms with Gasteiger partial charge in [-0.15, -0.1) is 0 Å². The Morgan fingerprint density at radius 1 is 0.407 bits per heavy atom. The van der Waals surface area contributed by atoms with Gasteiger partial charge < -0.3 is 4.90 Å². The SMILES string of the molecule is Cc1cc2c(cc1N(c1ccc(-c3ccccc3)cc1)c1ccc(-c3ccccc3-c3cc4ccccc4c4ccccc34)cc1)C(C)(C)CCC2(C)C. The van der Waals surface area contributed by atoms with Gasteiger partial charge in [0, 0.05) is 17.1 Å². The van der Waals surface area contributed by atoms with Crippen LogP contribution in [-0.4, -0.2) is 0 Å². The molecule has 8 aromatic rings. The molecule has 1 aliphatic carbocycles. The summed E-state index contributed by atoms with van der Waals surface area (Å²) in [6, 6.07) is 62.8. The van der Waals surface area contributed by atoms with Crippen molar-refractivity contribution in [2.24, 2.45) is 0 Å². The number of benzene rings is 8. The highest BCUT2D eigenvalue weighted by Gasteiger charge is 2.38. The molecule has 0 aliphatic heterocycles. The summed E-state index contributed by atoms with van der Waals surface area (Å²) in [5.41, 5.74) is 15.5. The van der Waals surface area contributed by atoms with Crippen LogP contribution in [0.4, 0.5) is 17.1 Å². The highest BCUT2D eigenvalue weighted by Crippen LogP contribution is 2.50. The first-order valence-corrected chi connectivity index (χ1v) is 19.4. The second-order valence-electron chi connectivity index (χ2n) is 16.5. The van der Waals surface area contributed by atoms with Crippen molar-refractivity contribution in [1.82, 2.24) is 0 Å². The summed E-state index contributed by atoms with van der Waals surface area (Å²) in [7, 11) is 0. The van der Waals surface area contributed by atoms with Crippen molar-refractivity contribution in [3.8, 4) is 33.4 Å². The van der Waals surface area contributed by atoms with Crippen molar-refractivity contribution in [2.75, 3.05) is 4.90 Å². The maximum absolute atomic E-state index is 2.50. The van der Waals surface area contributed by atoms with E-state index >= 15 is 0 Å². The maximum Gasteiger partial charge on any atom is 0.0493 e. The Morgan fingerprint density at radius 3 is 1.57 bits per heavy atom. The molecule has 0 N–H and O–H groups in total. The molecule has 1 aliphatic rings. The zero-order valence-corrected chi connectivity index (χ0v) is 32.0. The molecule has 8 aromatic carbocycles. The fourth-order valence-corrected chi connectivity index (χ4v) is 8.85. The Morgan fingerprint density at radius 2 is 0.907 bits per heavy atom. The fraction of sp³-hybridized carbons (Fsp3) is 0.170. The molecule has 0 saturated carbocycles. The van der Waals surface area contributed by atoms with Crippen molar-refractivity contribution in [1.29, 1.82) is 0 Å². The van der Waals surface area contributed by atoms with Crippen LogP contribution in [0, 0.1) is 6.92 Å². The van der Waals surface area contributed by atoms with Crippen LogP contribution in [0.5, 0.6) is 0 Å². The second-order valence-corrected chi connectivity index (χ2v) is 16.5. The first kappa shape index (κ1) is 33.9. The molecule has 0 unspecified atom stereocenters. The van der Waals surface area contributed by atoms with Gasteiger partial charge in [0.15, 0.2) is 0 Å². The lowest BCUT2D eigenvalue weighted by molar-refractivity contribution is 0.332. The number of hydrogen-bond acceptors (Lipinski definition) is 1. The minimum absolute atomic E-state index is 0.108. The van der Waals surface area contributed by atoms with E-state index < -0.39 is 0 Å². The van der Waals surface area contributed by atoms with E-state index in [-0.39, 0.29) is 10.8 Å². The van der Waals surface area contributed by atoms with Crippen molar-refractivity contribution < 1.29 is 0 Å². The first-order chi connectivity index (χ1) is 26.2. The van der Waals surface area contributed by atoms with Gasteiger partial charge >= 0.3 is 0 Å². The Labute approximate surface area is 320 Å². The molecule has 0 heterocycles. The molecule has 0 bridgehead atoms. The molecule has 264 valence electrons. The third-order valence-corrected chi connectivity index (χ3v) is 12.1. The van der Waals surface area contributed by atoms with Gasteiger partial charge in [0.1, 0.15) is 0 Å². The summed E-state index contributed by atoms with van der Waals surface area (Å²) >= 11 is 0. The smallest absolute Gasteiger partial charge is 0.0493 e. The maximum atomic E-state index is 2.50. The number of fused-ring (bicyclic) bond motifs is 4. The van der Waals surface area contributed by atoms with Gasteiger partial charge in [0.05, 0.1) is 0 Å². The van der Waals surface area contributed by atoms with Crippen molar-refractivity contribution in [2.45, 2.75) is 58.3 Å². The van der Waals surface area contributed by atoms with Gasteiger partial charge in [-0.3, -0.25) is 0 Å². The third-order valence-electron chi connectivity index (χ3n) is 12.1. The van der Waals surface area contributed by atoms with Crippen LogP contribution in [0.1, 0.15) is 57.2 Å². The van der Waals surface area contributed by atoms with E-state index in [0.717, 1.165) is 11.4 Å². The summed E-state index contributed by atoms with van der Waals surface area (Å²) in [6.45, 7) is 12.0. The summed E-state index contributed by atoms with van der Waals surface area (Å²) in [4.78, 5) is 2.47. The Kier molecular flexibility index (Phi) is 8.27. The monoisotopic (exact) mass is 697 g/mol. The van der Waals surface area contributed by atoms with Crippen LogP contribution in [-0.2, 0) is 10.8 Å². The molecule has 9 rings (SSSR count). The molecule has 0 radical (unpaired) electrons. The molecule has 0 fully saturated rings. The van der Waals surface area contributed by atoms with Gasteiger partial charge in [-0.05, 0) is 139 Å². The lowest BCUT2D eigenvalue weighted by atomic mass is 9.63. The van der Waals surface area contributed by atoms with Crippen molar-refractivity contribution in [3.05, 3.63) is 187 Å². The molecule has 0 spiro atoms. The number of aryl methyl sites for hydroxylation is 1. The van der Waals surface area contributed by atoms with E-state index in [0.29, 0.717) is 0 Å². The summed E-state index contributed by atoms with van der Waals surface area (Å²) in [6.07, 6.45) is 2.39.